The van der Waals surface area contributed by atoms with Crippen LogP contribution in [0, 0.1) is 0 Å². The Morgan fingerprint density at radius 2 is 2.17 bits per heavy atom. The van der Waals surface area contributed by atoms with Crippen LogP contribution in [0.3, 0.4) is 0 Å². The minimum absolute atomic E-state index is 0.000698. The molecule has 0 bridgehead atoms. The average Bonchev–Trinajstić information content (AvgIpc) is 2.37. The number of methoxy groups -OCH3 is 1. The smallest absolute Gasteiger partial charge is 0.346 e. The van der Waals surface area contributed by atoms with Gasteiger partial charge in [-0.1, -0.05) is 0 Å². The van der Waals surface area contributed by atoms with Crippen molar-refractivity contribution in [3.05, 3.63) is 34.2 Å². The fraction of sp³-hybridized carbons (Fsp3) is 0.231. The zero-order valence-corrected chi connectivity index (χ0v) is 10.1. The first kappa shape index (κ1) is 12.2. The van der Waals surface area contributed by atoms with Gasteiger partial charge in [-0.3, -0.25) is 4.79 Å². The Kier molecular flexibility index (Phi) is 3.32. The highest BCUT2D eigenvalue weighted by molar-refractivity contribution is 5.88. The number of benzene rings is 1. The molecule has 0 aliphatic heterocycles. The molecule has 18 heavy (non-hydrogen) atoms. The summed E-state index contributed by atoms with van der Waals surface area (Å²) in [6.07, 6.45) is 0.482. The normalized spacial score (nSPS) is 10.3. The van der Waals surface area contributed by atoms with E-state index in [0.29, 0.717) is 23.0 Å². The van der Waals surface area contributed by atoms with E-state index in [1.54, 1.807) is 19.2 Å². The summed E-state index contributed by atoms with van der Waals surface area (Å²) >= 11 is 0. The van der Waals surface area contributed by atoms with Crippen LogP contribution in [0.4, 0.5) is 5.69 Å². The lowest BCUT2D eigenvalue weighted by Crippen LogP contribution is -2.06. The van der Waals surface area contributed by atoms with E-state index in [9.17, 15) is 9.59 Å². The van der Waals surface area contributed by atoms with Gasteiger partial charge in [0.1, 0.15) is 16.9 Å². The fourth-order valence-corrected chi connectivity index (χ4v) is 1.74. The number of hydrogen-bond acceptors (Lipinski definition) is 5. The van der Waals surface area contributed by atoms with Gasteiger partial charge in [-0.2, -0.15) is 0 Å². The molecule has 0 saturated carbocycles. The molecular weight excluding hydrogens is 234 g/mol. The highest BCUT2D eigenvalue weighted by atomic mass is 16.5. The summed E-state index contributed by atoms with van der Waals surface area (Å²) in [5.41, 5.74) is 0.530. The van der Waals surface area contributed by atoms with Gasteiger partial charge in [0.05, 0.1) is 12.8 Å². The average molecular weight is 247 g/mol. The van der Waals surface area contributed by atoms with Crippen molar-refractivity contribution >= 4 is 22.9 Å². The number of hydrogen-bond donors (Lipinski definition) is 1. The van der Waals surface area contributed by atoms with Gasteiger partial charge in [0, 0.05) is 18.0 Å². The molecular formula is C13H13NO4. The number of ether oxygens (including phenoxy) is 1. The largest absolute Gasteiger partial charge is 0.495 e. The first-order valence-electron chi connectivity index (χ1n) is 5.54. The Labute approximate surface area is 103 Å². The van der Waals surface area contributed by atoms with Crippen molar-refractivity contribution in [2.75, 3.05) is 19.0 Å². The SMILES string of the molecule is CCNc1cc2oc(=O)c(C=O)cc2cc1OC. The van der Waals surface area contributed by atoms with Crippen LogP contribution < -0.4 is 15.7 Å². The maximum atomic E-state index is 11.4. The number of fused-ring (bicyclic) bond motifs is 1. The molecule has 5 nitrogen and oxygen atoms in total. The zero-order valence-electron chi connectivity index (χ0n) is 10.1. The lowest BCUT2D eigenvalue weighted by Gasteiger charge is -2.10. The summed E-state index contributed by atoms with van der Waals surface area (Å²) in [4.78, 5) is 22.1. The van der Waals surface area contributed by atoms with Gasteiger partial charge >= 0.3 is 5.63 Å². The fourth-order valence-electron chi connectivity index (χ4n) is 1.74. The molecule has 5 heteroatoms. The third-order valence-corrected chi connectivity index (χ3v) is 2.58. The van der Waals surface area contributed by atoms with Gasteiger partial charge in [0.15, 0.2) is 6.29 Å². The molecule has 94 valence electrons. The van der Waals surface area contributed by atoms with Crippen LogP contribution in [-0.2, 0) is 0 Å². The second-order valence-corrected chi connectivity index (χ2v) is 3.73. The van der Waals surface area contributed by atoms with Crippen LogP contribution in [-0.4, -0.2) is 19.9 Å². The first-order chi connectivity index (χ1) is 8.69. The van der Waals surface area contributed by atoms with Gasteiger partial charge in [0.25, 0.3) is 0 Å². The second kappa shape index (κ2) is 4.91. The lowest BCUT2D eigenvalue weighted by atomic mass is 10.1. The molecule has 1 aromatic heterocycles. The van der Waals surface area contributed by atoms with Crippen LogP contribution >= 0.6 is 0 Å². The minimum Gasteiger partial charge on any atom is -0.495 e. The molecule has 0 spiro atoms. The Bertz CT molecular complexity index is 645. The molecule has 0 fully saturated rings. The van der Waals surface area contributed by atoms with Crippen molar-refractivity contribution in [1.29, 1.82) is 0 Å². The zero-order chi connectivity index (χ0) is 13.1. The summed E-state index contributed by atoms with van der Waals surface area (Å²) in [7, 11) is 1.56. The molecule has 1 aromatic carbocycles. The lowest BCUT2D eigenvalue weighted by molar-refractivity contribution is 0.112. The van der Waals surface area contributed by atoms with E-state index in [1.807, 2.05) is 6.92 Å². The van der Waals surface area contributed by atoms with E-state index in [-0.39, 0.29) is 5.56 Å². The number of carbonyl (C=O) groups excluding carboxylic acids is 1. The van der Waals surface area contributed by atoms with E-state index < -0.39 is 5.63 Å². The summed E-state index contributed by atoms with van der Waals surface area (Å²) in [6.45, 7) is 2.67. The quantitative estimate of drug-likeness (QED) is 0.661. The van der Waals surface area contributed by atoms with Gasteiger partial charge < -0.3 is 14.5 Å². The van der Waals surface area contributed by atoms with Gasteiger partial charge in [0.2, 0.25) is 0 Å². The van der Waals surface area contributed by atoms with Crippen molar-refractivity contribution in [3.63, 3.8) is 0 Å². The summed E-state index contributed by atoms with van der Waals surface area (Å²) in [5, 5.41) is 3.76. The van der Waals surface area contributed by atoms with Crippen molar-refractivity contribution in [1.82, 2.24) is 0 Å². The highest BCUT2D eigenvalue weighted by Crippen LogP contribution is 2.29. The summed E-state index contributed by atoms with van der Waals surface area (Å²) < 4.78 is 10.3. The third kappa shape index (κ3) is 2.07. The molecule has 1 heterocycles. The van der Waals surface area contributed by atoms with E-state index in [1.165, 1.54) is 6.07 Å². The summed E-state index contributed by atoms with van der Waals surface area (Å²) in [6, 6.07) is 4.91. The Balaban J connectivity index is 2.70. The van der Waals surface area contributed by atoms with E-state index >= 15 is 0 Å². The standard InChI is InChI=1S/C13H13NO4/c1-3-14-10-6-11-8(5-12(10)17-2)4-9(7-15)13(16)18-11/h4-7,14H,3H2,1-2H3. The van der Waals surface area contributed by atoms with Gasteiger partial charge in [-0.25, -0.2) is 4.79 Å². The maximum absolute atomic E-state index is 11.4. The number of aldehydes is 1. The summed E-state index contributed by atoms with van der Waals surface area (Å²) in [5.74, 6) is 0.634. The van der Waals surface area contributed by atoms with E-state index in [2.05, 4.69) is 5.32 Å². The Morgan fingerprint density at radius 1 is 1.39 bits per heavy atom. The number of rotatable bonds is 4. The maximum Gasteiger partial charge on any atom is 0.346 e. The van der Waals surface area contributed by atoms with Gasteiger partial charge in [-0.05, 0) is 19.1 Å². The molecule has 0 aliphatic rings. The molecule has 0 aliphatic carbocycles. The van der Waals surface area contributed by atoms with Crippen LogP contribution in [0.2, 0.25) is 0 Å². The van der Waals surface area contributed by atoms with E-state index in [0.717, 1.165) is 12.2 Å². The predicted octanol–water partition coefficient (Wildman–Crippen LogP) is 2.05. The Hall–Kier alpha value is -2.30. The van der Waals surface area contributed by atoms with Crippen molar-refractivity contribution in [2.24, 2.45) is 0 Å². The molecule has 2 rings (SSSR count). The van der Waals surface area contributed by atoms with Crippen molar-refractivity contribution in [3.8, 4) is 5.75 Å². The topological polar surface area (TPSA) is 68.5 Å². The van der Waals surface area contributed by atoms with Crippen molar-refractivity contribution in [2.45, 2.75) is 6.92 Å². The second-order valence-electron chi connectivity index (χ2n) is 3.73. The number of nitrogens with one attached hydrogen (secondary N) is 1. The third-order valence-electron chi connectivity index (χ3n) is 2.58. The molecule has 0 saturated heterocycles. The van der Waals surface area contributed by atoms with Crippen LogP contribution in [0.25, 0.3) is 11.0 Å². The number of carbonyl (C=O) groups is 1. The van der Waals surface area contributed by atoms with Crippen molar-refractivity contribution < 1.29 is 13.9 Å². The van der Waals surface area contributed by atoms with Crippen LogP contribution in [0.15, 0.2) is 27.4 Å². The molecule has 0 unspecified atom stereocenters. The predicted molar refractivity (Wildman–Crippen MR) is 68.6 cm³/mol. The molecule has 0 amide bonds. The first-order valence-corrected chi connectivity index (χ1v) is 5.54. The molecule has 0 radical (unpaired) electrons. The molecule has 1 N–H and O–H groups in total. The van der Waals surface area contributed by atoms with Gasteiger partial charge in [-0.15, -0.1) is 0 Å². The minimum atomic E-state index is -0.634. The Morgan fingerprint density at radius 3 is 2.78 bits per heavy atom. The monoisotopic (exact) mass is 247 g/mol. The molecule has 2 aromatic rings. The number of anilines is 1. The molecule has 0 atom stereocenters. The van der Waals surface area contributed by atoms with Crippen LogP contribution in [0.1, 0.15) is 17.3 Å². The van der Waals surface area contributed by atoms with Crippen LogP contribution in [0.5, 0.6) is 5.75 Å². The highest BCUT2D eigenvalue weighted by Gasteiger charge is 2.09. The van der Waals surface area contributed by atoms with E-state index in [4.69, 9.17) is 9.15 Å².